The van der Waals surface area contributed by atoms with Crippen molar-refractivity contribution >= 4 is 34.4 Å². The number of fused-ring (bicyclic) bond motifs is 1. The highest BCUT2D eigenvalue weighted by Gasteiger charge is 2.15. The molecule has 2 heterocycles. The Morgan fingerprint density at radius 1 is 1.11 bits per heavy atom. The topological polar surface area (TPSA) is 79.4 Å². The highest BCUT2D eigenvalue weighted by molar-refractivity contribution is 6.31. The smallest absolute Gasteiger partial charge is 0.252 e. The van der Waals surface area contributed by atoms with E-state index in [0.717, 1.165) is 35.2 Å². The van der Waals surface area contributed by atoms with Gasteiger partial charge in [0.2, 0.25) is 5.95 Å². The van der Waals surface area contributed by atoms with E-state index in [9.17, 15) is 4.79 Å². The van der Waals surface area contributed by atoms with Gasteiger partial charge in [-0.05, 0) is 18.2 Å². The number of hydrazine groups is 1. The number of ether oxygens (including phenoxy) is 1. The third-order valence-corrected chi connectivity index (χ3v) is 4.72. The van der Waals surface area contributed by atoms with Gasteiger partial charge in [0.25, 0.3) is 5.91 Å². The Morgan fingerprint density at radius 3 is 2.68 bits per heavy atom. The van der Waals surface area contributed by atoms with Gasteiger partial charge in [0.15, 0.2) is 0 Å². The lowest BCUT2D eigenvalue weighted by Gasteiger charge is -2.25. The first-order valence-corrected chi connectivity index (χ1v) is 9.44. The molecule has 1 saturated heterocycles. The van der Waals surface area contributed by atoms with E-state index in [1.165, 1.54) is 0 Å². The molecule has 4 rings (SSSR count). The second kappa shape index (κ2) is 8.52. The molecule has 0 radical (unpaired) electrons. The number of anilines is 1. The van der Waals surface area contributed by atoms with E-state index in [0.29, 0.717) is 30.7 Å². The van der Waals surface area contributed by atoms with E-state index in [-0.39, 0.29) is 5.91 Å². The van der Waals surface area contributed by atoms with Crippen LogP contribution in [0.5, 0.6) is 0 Å². The van der Waals surface area contributed by atoms with Crippen LogP contribution >= 0.6 is 11.6 Å². The highest BCUT2D eigenvalue weighted by atomic mass is 35.5. The SMILES string of the molecule is O=C(CN1CCOCC1)NNc1nc(-c2ccccc2)c2cc(Cl)ccc2n1. The Morgan fingerprint density at radius 2 is 1.89 bits per heavy atom. The molecule has 0 atom stereocenters. The zero-order valence-corrected chi connectivity index (χ0v) is 15.9. The Labute approximate surface area is 167 Å². The van der Waals surface area contributed by atoms with Gasteiger partial charge in [-0.15, -0.1) is 0 Å². The number of carbonyl (C=O) groups excluding carboxylic acids is 1. The molecule has 0 bridgehead atoms. The van der Waals surface area contributed by atoms with Gasteiger partial charge < -0.3 is 4.74 Å². The predicted octanol–water partition coefficient (Wildman–Crippen LogP) is 2.73. The molecule has 0 spiro atoms. The number of aromatic nitrogens is 2. The van der Waals surface area contributed by atoms with E-state index in [1.54, 1.807) is 6.07 Å². The molecule has 2 N–H and O–H groups in total. The number of morpholine rings is 1. The van der Waals surface area contributed by atoms with Crippen LogP contribution in [0.15, 0.2) is 48.5 Å². The lowest BCUT2D eigenvalue weighted by atomic mass is 10.1. The van der Waals surface area contributed by atoms with Gasteiger partial charge in [-0.25, -0.2) is 9.97 Å². The standard InChI is InChI=1S/C20H20ClN5O2/c21-15-6-7-17-16(12-15)19(14-4-2-1-3-5-14)23-20(22-17)25-24-18(27)13-26-8-10-28-11-9-26/h1-7,12H,8-11,13H2,(H,24,27)(H,22,23,25). The monoisotopic (exact) mass is 397 g/mol. The molecule has 3 aromatic rings. The van der Waals surface area contributed by atoms with Gasteiger partial charge >= 0.3 is 0 Å². The Bertz CT molecular complexity index is 977. The molecule has 144 valence electrons. The van der Waals surface area contributed by atoms with Gasteiger partial charge in [0, 0.05) is 29.1 Å². The van der Waals surface area contributed by atoms with Crippen molar-refractivity contribution in [3.63, 3.8) is 0 Å². The van der Waals surface area contributed by atoms with Crippen molar-refractivity contribution in [1.82, 2.24) is 20.3 Å². The van der Waals surface area contributed by atoms with Crippen LogP contribution in [0.4, 0.5) is 5.95 Å². The summed E-state index contributed by atoms with van der Waals surface area (Å²) in [4.78, 5) is 23.4. The first-order valence-electron chi connectivity index (χ1n) is 9.07. The summed E-state index contributed by atoms with van der Waals surface area (Å²) in [5.74, 6) is 0.173. The molecule has 28 heavy (non-hydrogen) atoms. The number of nitrogens with zero attached hydrogens (tertiary/aromatic N) is 3. The second-order valence-electron chi connectivity index (χ2n) is 6.49. The van der Waals surface area contributed by atoms with E-state index >= 15 is 0 Å². The molecular formula is C20H20ClN5O2. The fraction of sp³-hybridized carbons (Fsp3) is 0.250. The van der Waals surface area contributed by atoms with Crippen molar-refractivity contribution in [2.75, 3.05) is 38.3 Å². The maximum Gasteiger partial charge on any atom is 0.252 e. The molecule has 1 aliphatic heterocycles. The first-order chi connectivity index (χ1) is 13.7. The average molecular weight is 398 g/mol. The molecule has 1 aromatic heterocycles. The quantitative estimate of drug-likeness (QED) is 0.644. The average Bonchev–Trinajstić information content (AvgIpc) is 2.73. The molecule has 7 nitrogen and oxygen atoms in total. The zero-order chi connectivity index (χ0) is 19.3. The predicted molar refractivity (Wildman–Crippen MR) is 109 cm³/mol. The summed E-state index contributed by atoms with van der Waals surface area (Å²) in [7, 11) is 0. The van der Waals surface area contributed by atoms with E-state index in [2.05, 4.69) is 20.8 Å². The van der Waals surface area contributed by atoms with E-state index < -0.39 is 0 Å². The van der Waals surface area contributed by atoms with E-state index in [1.807, 2.05) is 47.4 Å². The van der Waals surface area contributed by atoms with Crippen molar-refractivity contribution < 1.29 is 9.53 Å². The lowest BCUT2D eigenvalue weighted by Crippen LogP contribution is -2.44. The molecule has 0 saturated carbocycles. The van der Waals surface area contributed by atoms with Gasteiger partial charge in [-0.2, -0.15) is 0 Å². The number of halogens is 1. The Kier molecular flexibility index (Phi) is 5.66. The van der Waals surface area contributed by atoms with Crippen molar-refractivity contribution in [2.24, 2.45) is 0 Å². The molecule has 1 aliphatic rings. The van der Waals surface area contributed by atoms with Crippen LogP contribution in [-0.4, -0.2) is 53.6 Å². The molecular weight excluding hydrogens is 378 g/mol. The van der Waals surface area contributed by atoms with Gasteiger partial charge in [0.1, 0.15) is 0 Å². The largest absolute Gasteiger partial charge is 0.379 e. The number of amides is 1. The van der Waals surface area contributed by atoms with Crippen LogP contribution in [0, 0.1) is 0 Å². The van der Waals surface area contributed by atoms with Crippen LogP contribution in [0.25, 0.3) is 22.2 Å². The number of hydrogen-bond acceptors (Lipinski definition) is 6. The summed E-state index contributed by atoms with van der Waals surface area (Å²) in [6, 6.07) is 15.3. The minimum Gasteiger partial charge on any atom is -0.379 e. The van der Waals surface area contributed by atoms with Crippen molar-refractivity contribution in [3.05, 3.63) is 53.6 Å². The van der Waals surface area contributed by atoms with Crippen LogP contribution in [0.3, 0.4) is 0 Å². The molecule has 1 amide bonds. The number of rotatable bonds is 5. The number of hydrogen-bond donors (Lipinski definition) is 2. The first kappa shape index (κ1) is 18.6. The third-order valence-electron chi connectivity index (χ3n) is 4.49. The number of benzene rings is 2. The summed E-state index contributed by atoms with van der Waals surface area (Å²) in [5.41, 5.74) is 7.95. The van der Waals surface area contributed by atoms with Crippen LogP contribution in [0.1, 0.15) is 0 Å². The second-order valence-corrected chi connectivity index (χ2v) is 6.92. The normalized spacial score (nSPS) is 14.8. The fourth-order valence-electron chi connectivity index (χ4n) is 3.10. The summed E-state index contributed by atoms with van der Waals surface area (Å²) < 4.78 is 5.30. The summed E-state index contributed by atoms with van der Waals surface area (Å²) >= 11 is 6.17. The number of carbonyl (C=O) groups is 1. The summed E-state index contributed by atoms with van der Waals surface area (Å²) in [6.07, 6.45) is 0. The lowest BCUT2D eigenvalue weighted by molar-refractivity contribution is -0.122. The fourth-order valence-corrected chi connectivity index (χ4v) is 3.27. The Balaban J connectivity index is 1.55. The molecule has 2 aromatic carbocycles. The summed E-state index contributed by atoms with van der Waals surface area (Å²) in [6.45, 7) is 3.09. The Hall–Kier alpha value is -2.74. The van der Waals surface area contributed by atoms with Crippen LogP contribution in [0.2, 0.25) is 5.02 Å². The maximum atomic E-state index is 12.2. The highest BCUT2D eigenvalue weighted by Crippen LogP contribution is 2.29. The molecule has 8 heteroatoms. The van der Waals surface area contributed by atoms with Crippen molar-refractivity contribution in [3.8, 4) is 11.3 Å². The van der Waals surface area contributed by atoms with Gasteiger partial charge in [0.05, 0.1) is 31.0 Å². The molecule has 0 aliphatic carbocycles. The van der Waals surface area contributed by atoms with E-state index in [4.69, 9.17) is 16.3 Å². The van der Waals surface area contributed by atoms with Crippen LogP contribution in [-0.2, 0) is 9.53 Å². The van der Waals surface area contributed by atoms with Crippen molar-refractivity contribution in [2.45, 2.75) is 0 Å². The van der Waals surface area contributed by atoms with Crippen molar-refractivity contribution in [1.29, 1.82) is 0 Å². The minimum atomic E-state index is -0.150. The van der Waals surface area contributed by atoms with Gasteiger partial charge in [-0.1, -0.05) is 41.9 Å². The third kappa shape index (κ3) is 4.39. The molecule has 0 unspecified atom stereocenters. The number of nitrogens with one attached hydrogen (secondary N) is 2. The minimum absolute atomic E-state index is 0.150. The zero-order valence-electron chi connectivity index (χ0n) is 15.2. The summed E-state index contributed by atoms with van der Waals surface area (Å²) in [5, 5.41) is 1.47. The van der Waals surface area contributed by atoms with Crippen LogP contribution < -0.4 is 10.9 Å². The maximum absolute atomic E-state index is 12.2. The van der Waals surface area contributed by atoms with Gasteiger partial charge in [-0.3, -0.25) is 20.5 Å². The molecule has 1 fully saturated rings.